The van der Waals surface area contributed by atoms with Gasteiger partial charge in [0.25, 0.3) is 6.43 Å². The van der Waals surface area contributed by atoms with Crippen molar-refractivity contribution < 1.29 is 23.0 Å². The summed E-state index contributed by atoms with van der Waals surface area (Å²) in [5.74, 6) is -0.357. The minimum Gasteiger partial charge on any atom is -0.487 e. The van der Waals surface area contributed by atoms with Crippen LogP contribution in [0.3, 0.4) is 0 Å². The van der Waals surface area contributed by atoms with Crippen molar-refractivity contribution in [2.24, 2.45) is 0 Å². The first-order valence-corrected chi connectivity index (χ1v) is 9.24. The largest absolute Gasteiger partial charge is 0.487 e. The van der Waals surface area contributed by atoms with Crippen molar-refractivity contribution in [2.75, 3.05) is 6.61 Å². The van der Waals surface area contributed by atoms with Gasteiger partial charge in [-0.05, 0) is 43.7 Å². The van der Waals surface area contributed by atoms with Crippen LogP contribution in [0, 0.1) is 5.82 Å². The van der Waals surface area contributed by atoms with Crippen molar-refractivity contribution in [1.82, 2.24) is 9.78 Å². The first-order valence-electron chi connectivity index (χ1n) is 9.24. The zero-order valence-electron chi connectivity index (χ0n) is 16.5. The van der Waals surface area contributed by atoms with Crippen molar-refractivity contribution in [3.63, 3.8) is 0 Å². The SMILES string of the molecule is CC(C)(O)Cn1cc(-c2ccc(F)cc2)c(=O)c(-c2ccccc2OCC(F)F)n1. The molecule has 8 heteroatoms. The maximum absolute atomic E-state index is 13.3. The molecule has 3 aromatic rings. The van der Waals surface area contributed by atoms with Gasteiger partial charge in [0.05, 0.1) is 12.1 Å². The number of para-hydroxylation sites is 1. The highest BCUT2D eigenvalue weighted by atomic mass is 19.3. The van der Waals surface area contributed by atoms with E-state index in [1.807, 2.05) is 0 Å². The number of benzene rings is 2. The molecular weight excluding hydrogens is 397 g/mol. The topological polar surface area (TPSA) is 64.4 Å². The van der Waals surface area contributed by atoms with Crippen LogP contribution < -0.4 is 10.2 Å². The average Bonchev–Trinajstić information content (AvgIpc) is 2.67. The monoisotopic (exact) mass is 418 g/mol. The van der Waals surface area contributed by atoms with Gasteiger partial charge < -0.3 is 9.84 Å². The molecule has 0 spiro atoms. The van der Waals surface area contributed by atoms with Gasteiger partial charge in [0.2, 0.25) is 5.43 Å². The number of aliphatic hydroxyl groups is 1. The van der Waals surface area contributed by atoms with Gasteiger partial charge in [-0.25, -0.2) is 13.2 Å². The molecule has 0 saturated carbocycles. The molecule has 0 aliphatic rings. The minimum atomic E-state index is -2.68. The Morgan fingerprint density at radius 1 is 1.10 bits per heavy atom. The molecule has 0 aliphatic carbocycles. The number of alkyl halides is 2. The molecule has 3 rings (SSSR count). The quantitative estimate of drug-likeness (QED) is 0.627. The van der Waals surface area contributed by atoms with Crippen molar-refractivity contribution in [3.05, 3.63) is 70.8 Å². The van der Waals surface area contributed by atoms with Gasteiger partial charge in [-0.3, -0.25) is 9.48 Å². The van der Waals surface area contributed by atoms with Gasteiger partial charge in [0.15, 0.2) is 0 Å². The molecular formula is C22H21F3N2O3. The zero-order chi connectivity index (χ0) is 21.9. The number of rotatable bonds is 7. The summed E-state index contributed by atoms with van der Waals surface area (Å²) >= 11 is 0. The first-order chi connectivity index (χ1) is 14.1. The van der Waals surface area contributed by atoms with Crippen LogP contribution in [-0.4, -0.2) is 33.5 Å². The van der Waals surface area contributed by atoms with E-state index in [0.717, 1.165) is 0 Å². The maximum atomic E-state index is 13.3. The second-order valence-corrected chi connectivity index (χ2v) is 7.44. The Labute approximate surface area is 171 Å². The summed E-state index contributed by atoms with van der Waals surface area (Å²) < 4.78 is 45.2. The highest BCUT2D eigenvalue weighted by Gasteiger charge is 2.20. The summed E-state index contributed by atoms with van der Waals surface area (Å²) in [5, 5.41) is 14.5. The number of nitrogens with zero attached hydrogens (tertiary/aromatic N) is 2. The predicted molar refractivity (Wildman–Crippen MR) is 107 cm³/mol. The van der Waals surface area contributed by atoms with Crippen LogP contribution in [0.15, 0.2) is 59.5 Å². The van der Waals surface area contributed by atoms with Crippen LogP contribution in [0.5, 0.6) is 5.75 Å². The van der Waals surface area contributed by atoms with Crippen molar-refractivity contribution in [2.45, 2.75) is 32.4 Å². The summed E-state index contributed by atoms with van der Waals surface area (Å²) in [6, 6.07) is 11.6. The lowest BCUT2D eigenvalue weighted by Gasteiger charge is -2.20. The second kappa shape index (κ2) is 8.71. The molecule has 1 heterocycles. The number of halogens is 3. The van der Waals surface area contributed by atoms with E-state index in [2.05, 4.69) is 5.10 Å². The lowest BCUT2D eigenvalue weighted by Crippen LogP contribution is -2.29. The molecule has 2 aromatic carbocycles. The summed E-state index contributed by atoms with van der Waals surface area (Å²) in [6.45, 7) is 2.41. The third-order valence-electron chi connectivity index (χ3n) is 4.18. The molecule has 0 unspecified atom stereocenters. The molecule has 0 radical (unpaired) electrons. The van der Waals surface area contributed by atoms with Crippen molar-refractivity contribution >= 4 is 0 Å². The average molecular weight is 418 g/mol. The Kier molecular flexibility index (Phi) is 6.26. The Bertz CT molecular complexity index is 1070. The van der Waals surface area contributed by atoms with E-state index in [4.69, 9.17) is 4.74 Å². The molecule has 1 aromatic heterocycles. The summed E-state index contributed by atoms with van der Waals surface area (Å²) in [7, 11) is 0. The van der Waals surface area contributed by atoms with Crippen molar-refractivity contribution in [3.8, 4) is 28.1 Å². The molecule has 0 fully saturated rings. The van der Waals surface area contributed by atoms with Crippen LogP contribution in [0.25, 0.3) is 22.4 Å². The summed E-state index contributed by atoms with van der Waals surface area (Å²) in [6.07, 6.45) is -1.21. The third kappa shape index (κ3) is 5.27. The van der Waals surface area contributed by atoms with E-state index in [1.165, 1.54) is 41.2 Å². The van der Waals surface area contributed by atoms with Gasteiger partial charge in [-0.1, -0.05) is 24.3 Å². The molecule has 158 valence electrons. The lowest BCUT2D eigenvalue weighted by molar-refractivity contribution is 0.0573. The van der Waals surface area contributed by atoms with E-state index in [1.54, 1.807) is 32.0 Å². The van der Waals surface area contributed by atoms with E-state index in [0.29, 0.717) is 5.56 Å². The van der Waals surface area contributed by atoms with Crippen molar-refractivity contribution in [1.29, 1.82) is 0 Å². The molecule has 0 amide bonds. The highest BCUT2D eigenvalue weighted by molar-refractivity contribution is 5.72. The molecule has 0 aliphatic heterocycles. The molecule has 0 saturated heterocycles. The van der Waals surface area contributed by atoms with Gasteiger partial charge >= 0.3 is 0 Å². The fraction of sp³-hybridized carbons (Fsp3) is 0.273. The standard InChI is InChI=1S/C22H21F3N2O3/c1-22(2,29)13-27-11-17(14-7-9-15(23)10-8-14)21(28)20(26-27)16-5-3-4-6-18(16)30-12-19(24)25/h3-11,19,29H,12-13H2,1-2H3. The first kappa shape index (κ1) is 21.6. The number of hydrogen-bond donors (Lipinski definition) is 1. The molecule has 30 heavy (non-hydrogen) atoms. The normalized spacial score (nSPS) is 11.7. The fourth-order valence-electron chi connectivity index (χ4n) is 2.97. The van der Waals surface area contributed by atoms with Crippen LogP contribution >= 0.6 is 0 Å². The third-order valence-corrected chi connectivity index (χ3v) is 4.18. The summed E-state index contributed by atoms with van der Waals surface area (Å²) in [5.41, 5.74) is -0.692. The Balaban J connectivity index is 2.19. The van der Waals surface area contributed by atoms with E-state index < -0.39 is 29.9 Å². The zero-order valence-corrected chi connectivity index (χ0v) is 16.5. The second-order valence-electron chi connectivity index (χ2n) is 7.44. The fourth-order valence-corrected chi connectivity index (χ4v) is 2.97. The van der Waals surface area contributed by atoms with E-state index in [9.17, 15) is 23.1 Å². The number of hydrogen-bond acceptors (Lipinski definition) is 4. The number of ether oxygens (including phenoxy) is 1. The Morgan fingerprint density at radius 3 is 2.40 bits per heavy atom. The highest BCUT2D eigenvalue weighted by Crippen LogP contribution is 2.28. The lowest BCUT2D eigenvalue weighted by atomic mass is 10.0. The smallest absolute Gasteiger partial charge is 0.272 e. The molecule has 0 atom stereocenters. The van der Waals surface area contributed by atoms with E-state index >= 15 is 0 Å². The predicted octanol–water partition coefficient (Wildman–Crippen LogP) is 4.13. The Hall–Kier alpha value is -3.13. The van der Waals surface area contributed by atoms with Crippen LogP contribution in [0.1, 0.15) is 13.8 Å². The molecule has 0 bridgehead atoms. The molecule has 5 nitrogen and oxygen atoms in total. The van der Waals surface area contributed by atoms with Gasteiger partial charge in [0.1, 0.15) is 23.9 Å². The molecule has 1 N–H and O–H groups in total. The summed E-state index contributed by atoms with van der Waals surface area (Å²) in [4.78, 5) is 13.2. The maximum Gasteiger partial charge on any atom is 0.272 e. The van der Waals surface area contributed by atoms with Gasteiger partial charge in [-0.15, -0.1) is 0 Å². The van der Waals surface area contributed by atoms with Crippen LogP contribution in [0.4, 0.5) is 13.2 Å². The van der Waals surface area contributed by atoms with Gasteiger partial charge in [0, 0.05) is 17.3 Å². The minimum absolute atomic E-state index is 0.0223. The van der Waals surface area contributed by atoms with Crippen LogP contribution in [-0.2, 0) is 6.54 Å². The van der Waals surface area contributed by atoms with Gasteiger partial charge in [-0.2, -0.15) is 5.10 Å². The Morgan fingerprint density at radius 2 is 1.77 bits per heavy atom. The van der Waals surface area contributed by atoms with E-state index in [-0.39, 0.29) is 29.1 Å². The number of aromatic nitrogens is 2. The van der Waals surface area contributed by atoms with Crippen LogP contribution in [0.2, 0.25) is 0 Å².